The maximum absolute atomic E-state index is 11.0. The highest BCUT2D eigenvalue weighted by atomic mass is 79.9. The summed E-state index contributed by atoms with van der Waals surface area (Å²) in [5, 5.41) is 0.637. The molecule has 0 aliphatic carbocycles. The molecule has 0 spiro atoms. The van der Waals surface area contributed by atoms with Crippen molar-refractivity contribution in [1.82, 2.24) is 4.98 Å². The normalized spacial score (nSPS) is 8.77. The molecule has 0 N–H and O–H groups in total. The van der Waals surface area contributed by atoms with Gasteiger partial charge in [-0.3, -0.25) is 0 Å². The van der Waals surface area contributed by atoms with Crippen molar-refractivity contribution in [1.29, 1.82) is 0 Å². The Balaban J connectivity index is 0.00000144. The molecule has 1 aromatic heterocycles. The van der Waals surface area contributed by atoms with Gasteiger partial charge in [-0.1, -0.05) is 22.0 Å². The molecule has 0 aliphatic rings. The van der Waals surface area contributed by atoms with Gasteiger partial charge in [0.1, 0.15) is 5.69 Å². The van der Waals surface area contributed by atoms with Crippen LogP contribution in [0.1, 0.15) is 16.2 Å². The lowest BCUT2D eigenvalue weighted by Crippen LogP contribution is -2.04. The molecular formula is C8H9Br2NO2. The second kappa shape index (κ2) is 6.10. The highest BCUT2D eigenvalue weighted by molar-refractivity contribution is 9.08. The van der Waals surface area contributed by atoms with E-state index >= 15 is 0 Å². The lowest BCUT2D eigenvalue weighted by Gasteiger charge is -1.99. The number of aromatic nitrogens is 1. The SMILES string of the molecule is Br.COC(=O)c1cccc(CBr)n1. The van der Waals surface area contributed by atoms with E-state index in [9.17, 15) is 4.79 Å². The van der Waals surface area contributed by atoms with Gasteiger partial charge in [-0.05, 0) is 12.1 Å². The van der Waals surface area contributed by atoms with Gasteiger partial charge in [0.15, 0.2) is 0 Å². The molecule has 0 saturated carbocycles. The molecule has 0 atom stereocenters. The van der Waals surface area contributed by atoms with E-state index in [1.165, 1.54) is 7.11 Å². The summed E-state index contributed by atoms with van der Waals surface area (Å²) >= 11 is 3.25. The van der Waals surface area contributed by atoms with Gasteiger partial charge >= 0.3 is 5.97 Å². The zero-order valence-electron chi connectivity index (χ0n) is 6.99. The van der Waals surface area contributed by atoms with E-state index in [0.29, 0.717) is 11.0 Å². The number of pyridine rings is 1. The summed E-state index contributed by atoms with van der Waals surface area (Å²) in [7, 11) is 1.34. The van der Waals surface area contributed by atoms with E-state index in [-0.39, 0.29) is 17.0 Å². The molecule has 0 radical (unpaired) electrons. The van der Waals surface area contributed by atoms with Crippen LogP contribution in [0.25, 0.3) is 0 Å². The van der Waals surface area contributed by atoms with Crippen LogP contribution in [-0.2, 0) is 10.1 Å². The smallest absolute Gasteiger partial charge is 0.356 e. The van der Waals surface area contributed by atoms with Crippen molar-refractivity contribution < 1.29 is 9.53 Å². The number of rotatable bonds is 2. The fourth-order valence-corrected chi connectivity index (χ4v) is 1.08. The fraction of sp³-hybridized carbons (Fsp3) is 0.250. The lowest BCUT2D eigenvalue weighted by atomic mass is 10.3. The number of hydrogen-bond donors (Lipinski definition) is 0. The van der Waals surface area contributed by atoms with Gasteiger partial charge in [0.05, 0.1) is 12.8 Å². The average molecular weight is 311 g/mol. The third-order valence-corrected chi connectivity index (χ3v) is 1.91. The molecule has 0 saturated heterocycles. The summed E-state index contributed by atoms with van der Waals surface area (Å²) in [5.74, 6) is -0.405. The minimum Gasteiger partial charge on any atom is -0.464 e. The van der Waals surface area contributed by atoms with Gasteiger partial charge in [0, 0.05) is 5.33 Å². The number of hydrogen-bond acceptors (Lipinski definition) is 3. The predicted octanol–water partition coefficient (Wildman–Crippen LogP) is 2.34. The number of carbonyl (C=O) groups is 1. The zero-order valence-corrected chi connectivity index (χ0v) is 10.3. The van der Waals surface area contributed by atoms with Crippen molar-refractivity contribution in [2.24, 2.45) is 0 Å². The van der Waals surface area contributed by atoms with Crippen LogP contribution < -0.4 is 0 Å². The number of methoxy groups -OCH3 is 1. The van der Waals surface area contributed by atoms with Crippen LogP contribution in [0.4, 0.5) is 0 Å². The van der Waals surface area contributed by atoms with Gasteiger partial charge < -0.3 is 4.74 Å². The molecular weight excluding hydrogens is 302 g/mol. The van der Waals surface area contributed by atoms with E-state index in [1.807, 2.05) is 6.07 Å². The Bertz CT molecular complexity index is 291. The monoisotopic (exact) mass is 309 g/mol. The number of alkyl halides is 1. The highest BCUT2D eigenvalue weighted by Crippen LogP contribution is 2.04. The van der Waals surface area contributed by atoms with E-state index in [4.69, 9.17) is 0 Å². The minimum absolute atomic E-state index is 0. The first-order valence-electron chi connectivity index (χ1n) is 3.38. The Morgan fingerprint density at radius 1 is 1.62 bits per heavy atom. The molecule has 1 rings (SSSR count). The number of nitrogens with zero attached hydrogens (tertiary/aromatic N) is 1. The van der Waals surface area contributed by atoms with Crippen molar-refractivity contribution in [3.63, 3.8) is 0 Å². The lowest BCUT2D eigenvalue weighted by molar-refractivity contribution is 0.0594. The Kier molecular flexibility index (Phi) is 5.90. The second-order valence-corrected chi connectivity index (χ2v) is 2.70. The van der Waals surface area contributed by atoms with Crippen molar-refractivity contribution in [3.05, 3.63) is 29.6 Å². The number of esters is 1. The maximum atomic E-state index is 11.0. The summed E-state index contributed by atoms with van der Waals surface area (Å²) in [6.45, 7) is 0. The second-order valence-electron chi connectivity index (χ2n) is 2.14. The van der Waals surface area contributed by atoms with Crippen LogP contribution in [0.15, 0.2) is 18.2 Å². The number of ether oxygens (including phenoxy) is 1. The fourth-order valence-electron chi connectivity index (χ4n) is 0.772. The largest absolute Gasteiger partial charge is 0.464 e. The first-order chi connectivity index (χ1) is 5.77. The maximum Gasteiger partial charge on any atom is 0.356 e. The van der Waals surface area contributed by atoms with Crippen LogP contribution in [0.3, 0.4) is 0 Å². The molecule has 0 fully saturated rings. The number of halogens is 2. The summed E-state index contributed by atoms with van der Waals surface area (Å²) in [6, 6.07) is 5.23. The number of carbonyl (C=O) groups excluding carboxylic acids is 1. The molecule has 5 heteroatoms. The molecule has 0 aromatic carbocycles. The van der Waals surface area contributed by atoms with Gasteiger partial charge in [-0.2, -0.15) is 0 Å². The van der Waals surface area contributed by atoms with Crippen molar-refractivity contribution in [3.8, 4) is 0 Å². The van der Waals surface area contributed by atoms with Gasteiger partial charge in [-0.15, -0.1) is 17.0 Å². The first kappa shape index (κ1) is 12.6. The summed E-state index contributed by atoms with van der Waals surface area (Å²) in [6.07, 6.45) is 0. The summed E-state index contributed by atoms with van der Waals surface area (Å²) in [4.78, 5) is 15.0. The third-order valence-electron chi connectivity index (χ3n) is 1.34. The molecule has 0 amide bonds. The summed E-state index contributed by atoms with van der Waals surface area (Å²) in [5.41, 5.74) is 1.16. The van der Waals surface area contributed by atoms with Gasteiger partial charge in [0.2, 0.25) is 0 Å². The quantitative estimate of drug-likeness (QED) is 0.622. The third kappa shape index (κ3) is 3.44. The Morgan fingerprint density at radius 3 is 2.85 bits per heavy atom. The topological polar surface area (TPSA) is 39.2 Å². The van der Waals surface area contributed by atoms with Gasteiger partial charge in [-0.25, -0.2) is 9.78 Å². The van der Waals surface area contributed by atoms with Crippen molar-refractivity contribution >= 4 is 38.9 Å². The Labute approximate surface area is 95.4 Å². The van der Waals surface area contributed by atoms with Crippen LogP contribution in [-0.4, -0.2) is 18.1 Å². The first-order valence-corrected chi connectivity index (χ1v) is 4.50. The van der Waals surface area contributed by atoms with E-state index < -0.39 is 5.97 Å². The molecule has 1 aromatic rings. The van der Waals surface area contributed by atoms with Crippen molar-refractivity contribution in [2.45, 2.75) is 5.33 Å². The molecule has 0 bridgehead atoms. The van der Waals surface area contributed by atoms with Crippen LogP contribution in [0.5, 0.6) is 0 Å². The molecule has 72 valence electrons. The Hall–Kier alpha value is -0.420. The molecule has 1 heterocycles. The molecule has 0 unspecified atom stereocenters. The van der Waals surface area contributed by atoms with E-state index in [1.54, 1.807) is 12.1 Å². The summed E-state index contributed by atoms with van der Waals surface area (Å²) < 4.78 is 4.52. The standard InChI is InChI=1S/C8H8BrNO2.BrH/c1-12-8(11)7-4-2-3-6(5-9)10-7;/h2-4H,5H2,1H3;1H. The van der Waals surface area contributed by atoms with Crippen molar-refractivity contribution in [2.75, 3.05) is 7.11 Å². The van der Waals surface area contributed by atoms with Crippen LogP contribution >= 0.6 is 32.9 Å². The molecule has 3 nitrogen and oxygen atoms in total. The van der Waals surface area contributed by atoms with E-state index in [0.717, 1.165) is 5.69 Å². The predicted molar refractivity (Wildman–Crippen MR) is 58.5 cm³/mol. The highest BCUT2D eigenvalue weighted by Gasteiger charge is 2.06. The molecule has 13 heavy (non-hydrogen) atoms. The van der Waals surface area contributed by atoms with Crippen LogP contribution in [0, 0.1) is 0 Å². The Morgan fingerprint density at radius 2 is 2.31 bits per heavy atom. The van der Waals surface area contributed by atoms with Gasteiger partial charge in [0.25, 0.3) is 0 Å². The molecule has 0 aliphatic heterocycles. The van der Waals surface area contributed by atoms with E-state index in [2.05, 4.69) is 25.7 Å². The van der Waals surface area contributed by atoms with Crippen LogP contribution in [0.2, 0.25) is 0 Å². The minimum atomic E-state index is -0.405. The average Bonchev–Trinajstić information content (AvgIpc) is 2.17. The zero-order chi connectivity index (χ0) is 8.97.